The predicted octanol–water partition coefficient (Wildman–Crippen LogP) is 4.17. The Morgan fingerprint density at radius 2 is 2.08 bits per heavy atom. The molecule has 0 radical (unpaired) electrons. The van der Waals surface area contributed by atoms with Crippen LogP contribution in [-0.2, 0) is 0 Å². The highest BCUT2D eigenvalue weighted by molar-refractivity contribution is 7.09. The molecule has 1 atom stereocenters. The fourth-order valence-electron chi connectivity index (χ4n) is 1.35. The molecule has 74 valence electrons. The molecule has 0 aliphatic rings. The Morgan fingerprint density at radius 1 is 1.38 bits per heavy atom. The molecule has 0 saturated carbocycles. The first-order valence-electron chi connectivity index (χ1n) is 5.10. The molecular formula is C11H19NS. The van der Waals surface area contributed by atoms with E-state index < -0.39 is 0 Å². The van der Waals surface area contributed by atoms with Gasteiger partial charge >= 0.3 is 0 Å². The van der Waals surface area contributed by atoms with Crippen molar-refractivity contribution in [1.82, 2.24) is 4.98 Å². The zero-order chi connectivity index (χ0) is 9.84. The molecule has 1 heterocycles. The molecule has 0 aliphatic carbocycles. The van der Waals surface area contributed by atoms with Gasteiger partial charge in [-0.15, -0.1) is 11.3 Å². The SMILES string of the molecule is CCCC(C)c1nc(C(C)C)cs1. The van der Waals surface area contributed by atoms with Gasteiger partial charge in [-0.25, -0.2) is 4.98 Å². The topological polar surface area (TPSA) is 12.9 Å². The molecule has 13 heavy (non-hydrogen) atoms. The van der Waals surface area contributed by atoms with E-state index in [9.17, 15) is 0 Å². The average molecular weight is 197 g/mol. The third kappa shape index (κ3) is 2.80. The van der Waals surface area contributed by atoms with Crippen LogP contribution in [0.2, 0.25) is 0 Å². The van der Waals surface area contributed by atoms with E-state index in [0.29, 0.717) is 11.8 Å². The van der Waals surface area contributed by atoms with Gasteiger partial charge in [0.15, 0.2) is 0 Å². The van der Waals surface area contributed by atoms with Crippen LogP contribution >= 0.6 is 11.3 Å². The first-order chi connectivity index (χ1) is 6.15. The van der Waals surface area contributed by atoms with Crippen molar-refractivity contribution in [2.75, 3.05) is 0 Å². The number of hydrogen-bond donors (Lipinski definition) is 0. The van der Waals surface area contributed by atoms with E-state index in [1.54, 1.807) is 0 Å². The van der Waals surface area contributed by atoms with E-state index in [1.165, 1.54) is 23.5 Å². The zero-order valence-electron chi connectivity index (χ0n) is 9.00. The van der Waals surface area contributed by atoms with E-state index in [1.807, 2.05) is 11.3 Å². The lowest BCUT2D eigenvalue weighted by molar-refractivity contribution is 0.655. The minimum atomic E-state index is 0.568. The Balaban J connectivity index is 2.67. The van der Waals surface area contributed by atoms with E-state index in [0.717, 1.165) is 0 Å². The van der Waals surface area contributed by atoms with Crippen LogP contribution < -0.4 is 0 Å². The molecular weight excluding hydrogens is 178 g/mol. The summed E-state index contributed by atoms with van der Waals surface area (Å²) in [6, 6.07) is 0. The predicted molar refractivity (Wildman–Crippen MR) is 59.5 cm³/mol. The van der Waals surface area contributed by atoms with Gasteiger partial charge in [-0.1, -0.05) is 34.1 Å². The van der Waals surface area contributed by atoms with Crippen LogP contribution in [0.4, 0.5) is 0 Å². The Morgan fingerprint density at radius 3 is 2.54 bits per heavy atom. The van der Waals surface area contributed by atoms with Crippen molar-refractivity contribution in [2.45, 2.75) is 52.4 Å². The number of rotatable bonds is 4. The van der Waals surface area contributed by atoms with Gasteiger partial charge in [-0.3, -0.25) is 0 Å². The Labute approximate surface area is 85.2 Å². The van der Waals surface area contributed by atoms with Crippen molar-refractivity contribution in [2.24, 2.45) is 0 Å². The second-order valence-electron chi connectivity index (χ2n) is 3.96. The fourth-order valence-corrected chi connectivity index (χ4v) is 2.42. The fraction of sp³-hybridized carbons (Fsp3) is 0.727. The number of nitrogens with zero attached hydrogens (tertiary/aromatic N) is 1. The second-order valence-corrected chi connectivity index (χ2v) is 4.84. The highest BCUT2D eigenvalue weighted by Crippen LogP contribution is 2.26. The van der Waals surface area contributed by atoms with Gasteiger partial charge in [-0.2, -0.15) is 0 Å². The van der Waals surface area contributed by atoms with Crippen molar-refractivity contribution in [3.63, 3.8) is 0 Å². The van der Waals surface area contributed by atoms with Gasteiger partial charge in [0, 0.05) is 11.3 Å². The first kappa shape index (κ1) is 10.7. The standard InChI is InChI=1S/C11H19NS/c1-5-6-9(4)11-12-10(7-13-11)8(2)3/h7-9H,5-6H2,1-4H3. The first-order valence-corrected chi connectivity index (χ1v) is 5.98. The molecule has 0 saturated heterocycles. The molecule has 1 aromatic rings. The number of aromatic nitrogens is 1. The molecule has 0 aliphatic heterocycles. The zero-order valence-corrected chi connectivity index (χ0v) is 9.82. The van der Waals surface area contributed by atoms with Gasteiger partial charge in [0.25, 0.3) is 0 Å². The molecule has 0 amide bonds. The minimum absolute atomic E-state index is 0.568. The van der Waals surface area contributed by atoms with Gasteiger partial charge in [0.1, 0.15) is 0 Å². The lowest BCUT2D eigenvalue weighted by Gasteiger charge is -2.05. The molecule has 0 N–H and O–H groups in total. The van der Waals surface area contributed by atoms with E-state index in [4.69, 9.17) is 0 Å². The molecule has 2 heteroatoms. The normalized spacial score (nSPS) is 13.6. The van der Waals surface area contributed by atoms with Gasteiger partial charge in [0.2, 0.25) is 0 Å². The van der Waals surface area contributed by atoms with Crippen molar-refractivity contribution in [3.05, 3.63) is 16.1 Å². The largest absolute Gasteiger partial charge is 0.246 e. The third-order valence-electron chi connectivity index (χ3n) is 2.27. The van der Waals surface area contributed by atoms with Crippen molar-refractivity contribution < 1.29 is 0 Å². The van der Waals surface area contributed by atoms with Crippen LogP contribution in [0, 0.1) is 0 Å². The third-order valence-corrected chi connectivity index (χ3v) is 3.37. The molecule has 1 rings (SSSR count). The monoisotopic (exact) mass is 197 g/mol. The maximum absolute atomic E-state index is 4.65. The summed E-state index contributed by atoms with van der Waals surface area (Å²) in [6.45, 7) is 8.90. The molecule has 1 nitrogen and oxygen atoms in total. The second kappa shape index (κ2) is 4.75. The van der Waals surface area contributed by atoms with Gasteiger partial charge in [0.05, 0.1) is 10.7 Å². The molecule has 0 aromatic carbocycles. The molecule has 1 unspecified atom stereocenters. The van der Waals surface area contributed by atoms with Crippen LogP contribution in [0.3, 0.4) is 0 Å². The summed E-state index contributed by atoms with van der Waals surface area (Å²) in [5.74, 6) is 1.21. The summed E-state index contributed by atoms with van der Waals surface area (Å²) in [4.78, 5) is 4.65. The van der Waals surface area contributed by atoms with Crippen molar-refractivity contribution in [1.29, 1.82) is 0 Å². The van der Waals surface area contributed by atoms with Crippen LogP contribution in [0.5, 0.6) is 0 Å². The van der Waals surface area contributed by atoms with Gasteiger partial charge in [-0.05, 0) is 12.3 Å². The lowest BCUT2D eigenvalue weighted by atomic mass is 10.1. The molecule has 0 bridgehead atoms. The summed E-state index contributed by atoms with van der Waals surface area (Å²) < 4.78 is 0. The van der Waals surface area contributed by atoms with Crippen LogP contribution in [0.25, 0.3) is 0 Å². The molecule has 0 fully saturated rings. The summed E-state index contributed by atoms with van der Waals surface area (Å²) in [6.07, 6.45) is 2.50. The molecule has 0 spiro atoms. The highest BCUT2D eigenvalue weighted by Gasteiger charge is 2.10. The summed E-state index contributed by atoms with van der Waals surface area (Å²) >= 11 is 1.81. The molecule has 1 aromatic heterocycles. The Bertz CT molecular complexity index is 252. The van der Waals surface area contributed by atoms with Crippen molar-refractivity contribution >= 4 is 11.3 Å². The van der Waals surface area contributed by atoms with Gasteiger partial charge < -0.3 is 0 Å². The summed E-state index contributed by atoms with van der Waals surface area (Å²) in [5, 5.41) is 3.51. The van der Waals surface area contributed by atoms with Crippen LogP contribution in [0.1, 0.15) is 63.1 Å². The van der Waals surface area contributed by atoms with Crippen LogP contribution in [-0.4, -0.2) is 4.98 Å². The number of thiazole rings is 1. The highest BCUT2D eigenvalue weighted by atomic mass is 32.1. The summed E-state index contributed by atoms with van der Waals surface area (Å²) in [5.41, 5.74) is 1.25. The minimum Gasteiger partial charge on any atom is -0.246 e. The average Bonchev–Trinajstić information content (AvgIpc) is 2.52. The summed E-state index contributed by atoms with van der Waals surface area (Å²) in [7, 11) is 0. The Kier molecular flexibility index (Phi) is 3.91. The van der Waals surface area contributed by atoms with E-state index in [2.05, 4.69) is 38.1 Å². The van der Waals surface area contributed by atoms with E-state index >= 15 is 0 Å². The lowest BCUT2D eigenvalue weighted by Crippen LogP contribution is -1.93. The smallest absolute Gasteiger partial charge is 0.0956 e. The van der Waals surface area contributed by atoms with E-state index in [-0.39, 0.29) is 0 Å². The number of hydrogen-bond acceptors (Lipinski definition) is 2. The quantitative estimate of drug-likeness (QED) is 0.706. The van der Waals surface area contributed by atoms with Crippen molar-refractivity contribution in [3.8, 4) is 0 Å². The van der Waals surface area contributed by atoms with Crippen LogP contribution in [0.15, 0.2) is 5.38 Å². The Hall–Kier alpha value is -0.370. The maximum Gasteiger partial charge on any atom is 0.0956 e. The maximum atomic E-state index is 4.65.